The lowest BCUT2D eigenvalue weighted by molar-refractivity contribution is 0.102. The number of ether oxygens (including phenoxy) is 2. The molecule has 0 atom stereocenters. The minimum Gasteiger partial charge on any atom is -0.497 e. The zero-order chi connectivity index (χ0) is 23.3. The maximum atomic E-state index is 12.9. The van der Waals surface area contributed by atoms with Gasteiger partial charge in [-0.2, -0.15) is 0 Å². The molecule has 0 spiro atoms. The van der Waals surface area contributed by atoms with Gasteiger partial charge >= 0.3 is 0 Å². The molecular weight excluding hydrogens is 428 g/mol. The number of carbonyl (C=O) groups excluding carboxylic acids is 1. The van der Waals surface area contributed by atoms with Crippen LogP contribution in [-0.2, 0) is 10.0 Å². The number of amides is 1. The molecule has 1 amide bonds. The van der Waals surface area contributed by atoms with Gasteiger partial charge in [-0.05, 0) is 86.6 Å². The van der Waals surface area contributed by atoms with Crippen molar-refractivity contribution in [1.29, 1.82) is 0 Å². The average molecular weight is 455 g/mol. The van der Waals surface area contributed by atoms with E-state index in [2.05, 4.69) is 5.32 Å². The molecule has 3 aromatic rings. The molecule has 7 nitrogen and oxygen atoms in total. The summed E-state index contributed by atoms with van der Waals surface area (Å²) in [7, 11) is -0.761. The lowest BCUT2D eigenvalue weighted by Crippen LogP contribution is -2.26. The van der Waals surface area contributed by atoms with Crippen LogP contribution in [0.2, 0.25) is 0 Å². The molecule has 0 aromatic heterocycles. The highest BCUT2D eigenvalue weighted by Crippen LogP contribution is 2.24. The number of nitrogens with zero attached hydrogens (tertiary/aromatic N) is 1. The van der Waals surface area contributed by atoms with Gasteiger partial charge in [0.1, 0.15) is 11.5 Å². The van der Waals surface area contributed by atoms with Gasteiger partial charge in [0.25, 0.3) is 15.9 Å². The molecule has 0 saturated heterocycles. The second-order valence-corrected chi connectivity index (χ2v) is 9.31. The van der Waals surface area contributed by atoms with Gasteiger partial charge in [-0.1, -0.05) is 0 Å². The van der Waals surface area contributed by atoms with Crippen molar-refractivity contribution in [2.45, 2.75) is 24.8 Å². The van der Waals surface area contributed by atoms with E-state index in [-0.39, 0.29) is 16.9 Å². The van der Waals surface area contributed by atoms with Crippen LogP contribution in [0.5, 0.6) is 11.5 Å². The molecule has 1 N–H and O–H groups in total. The number of hydrogen-bond donors (Lipinski definition) is 1. The molecule has 8 heteroatoms. The van der Waals surface area contributed by atoms with E-state index < -0.39 is 10.0 Å². The Balaban J connectivity index is 1.70. The molecule has 3 rings (SSSR count). The molecule has 0 aliphatic rings. The first-order valence-corrected chi connectivity index (χ1v) is 11.5. The molecule has 0 radical (unpaired) electrons. The summed E-state index contributed by atoms with van der Waals surface area (Å²) in [5.74, 6) is 1.00. The molecule has 0 unspecified atom stereocenters. The van der Waals surface area contributed by atoms with Crippen molar-refractivity contribution in [3.05, 3.63) is 78.4 Å². The predicted molar refractivity (Wildman–Crippen MR) is 125 cm³/mol. The Hall–Kier alpha value is -3.52. The van der Waals surface area contributed by atoms with Gasteiger partial charge in [0.2, 0.25) is 0 Å². The van der Waals surface area contributed by atoms with Crippen molar-refractivity contribution in [3.63, 3.8) is 0 Å². The number of sulfonamides is 1. The van der Waals surface area contributed by atoms with E-state index in [0.717, 1.165) is 5.75 Å². The van der Waals surface area contributed by atoms with Crippen molar-refractivity contribution in [2.24, 2.45) is 0 Å². The van der Waals surface area contributed by atoms with Crippen LogP contribution in [0.25, 0.3) is 0 Å². The number of rotatable bonds is 8. The third-order valence-corrected chi connectivity index (χ3v) is 6.49. The molecule has 0 aliphatic heterocycles. The van der Waals surface area contributed by atoms with Crippen LogP contribution in [0, 0.1) is 0 Å². The second kappa shape index (κ2) is 9.74. The Bertz CT molecular complexity index is 1160. The molecule has 0 bridgehead atoms. The van der Waals surface area contributed by atoms with Crippen molar-refractivity contribution in [1.82, 2.24) is 0 Å². The van der Waals surface area contributed by atoms with Gasteiger partial charge in [-0.15, -0.1) is 0 Å². The number of anilines is 2. The molecule has 0 heterocycles. The molecule has 168 valence electrons. The van der Waals surface area contributed by atoms with E-state index in [1.807, 2.05) is 13.8 Å². The highest BCUT2D eigenvalue weighted by molar-refractivity contribution is 7.92. The van der Waals surface area contributed by atoms with Gasteiger partial charge < -0.3 is 14.8 Å². The van der Waals surface area contributed by atoms with Gasteiger partial charge in [0, 0.05) is 18.3 Å². The fraction of sp³-hybridized carbons (Fsp3) is 0.208. The zero-order valence-corrected chi connectivity index (χ0v) is 19.2. The third-order valence-electron chi connectivity index (χ3n) is 4.69. The van der Waals surface area contributed by atoms with Gasteiger partial charge in [0.15, 0.2) is 0 Å². The van der Waals surface area contributed by atoms with Crippen LogP contribution < -0.4 is 19.1 Å². The number of nitrogens with one attached hydrogen (secondary N) is 1. The predicted octanol–water partition coefficient (Wildman–Crippen LogP) is 4.56. The number of methoxy groups -OCH3 is 1. The Morgan fingerprint density at radius 2 is 1.44 bits per heavy atom. The topological polar surface area (TPSA) is 84.9 Å². The minimum absolute atomic E-state index is 0.0700. The Morgan fingerprint density at radius 1 is 0.875 bits per heavy atom. The average Bonchev–Trinajstić information content (AvgIpc) is 2.79. The van der Waals surface area contributed by atoms with Crippen LogP contribution in [0.1, 0.15) is 24.2 Å². The third kappa shape index (κ3) is 5.39. The Morgan fingerprint density at radius 3 is 1.97 bits per heavy atom. The standard InChI is InChI=1S/C24H26N2O5S/c1-17(2)31-22-11-7-19(8-12-22)25-24(27)18-5-9-20(10-6-18)26(3)32(28,29)23-15-13-21(30-4)14-16-23/h5-17H,1-4H3,(H,25,27). The van der Waals surface area contributed by atoms with Crippen LogP contribution in [0.3, 0.4) is 0 Å². The normalized spacial score (nSPS) is 11.2. The van der Waals surface area contributed by atoms with Crippen molar-refractivity contribution in [3.8, 4) is 11.5 Å². The highest BCUT2D eigenvalue weighted by Gasteiger charge is 2.21. The summed E-state index contributed by atoms with van der Waals surface area (Å²) < 4.78 is 37.6. The summed E-state index contributed by atoms with van der Waals surface area (Å²) in [6.45, 7) is 3.89. The Kier molecular flexibility index (Phi) is 7.05. The van der Waals surface area contributed by atoms with E-state index in [1.165, 1.54) is 30.6 Å². The lowest BCUT2D eigenvalue weighted by Gasteiger charge is -2.20. The summed E-state index contributed by atoms with van der Waals surface area (Å²) in [5.41, 5.74) is 1.48. The maximum Gasteiger partial charge on any atom is 0.264 e. The summed E-state index contributed by atoms with van der Waals surface area (Å²) in [6.07, 6.45) is 0.0700. The second-order valence-electron chi connectivity index (χ2n) is 7.34. The number of benzene rings is 3. The maximum absolute atomic E-state index is 12.9. The summed E-state index contributed by atoms with van der Waals surface area (Å²) in [5, 5.41) is 2.82. The van der Waals surface area contributed by atoms with Crippen molar-refractivity contribution >= 4 is 27.3 Å². The van der Waals surface area contributed by atoms with Gasteiger partial charge in [-0.25, -0.2) is 8.42 Å². The van der Waals surface area contributed by atoms with Gasteiger partial charge in [0.05, 0.1) is 23.8 Å². The van der Waals surface area contributed by atoms with E-state index in [9.17, 15) is 13.2 Å². The van der Waals surface area contributed by atoms with E-state index in [0.29, 0.717) is 22.7 Å². The Labute approximate surface area is 188 Å². The summed E-state index contributed by atoms with van der Waals surface area (Å²) in [6, 6.07) is 19.6. The molecule has 0 aliphatic carbocycles. The smallest absolute Gasteiger partial charge is 0.264 e. The summed E-state index contributed by atoms with van der Waals surface area (Å²) >= 11 is 0. The molecular formula is C24H26N2O5S. The van der Waals surface area contributed by atoms with Crippen LogP contribution in [-0.4, -0.2) is 34.6 Å². The molecule has 0 fully saturated rings. The number of hydrogen-bond acceptors (Lipinski definition) is 5. The van der Waals surface area contributed by atoms with E-state index >= 15 is 0 Å². The monoisotopic (exact) mass is 454 g/mol. The fourth-order valence-electron chi connectivity index (χ4n) is 2.96. The first-order valence-electron chi connectivity index (χ1n) is 10.0. The zero-order valence-electron chi connectivity index (χ0n) is 18.4. The quantitative estimate of drug-likeness (QED) is 0.539. The van der Waals surface area contributed by atoms with Crippen molar-refractivity contribution < 1.29 is 22.7 Å². The lowest BCUT2D eigenvalue weighted by atomic mass is 10.2. The van der Waals surface area contributed by atoms with Gasteiger partial charge in [-0.3, -0.25) is 9.10 Å². The molecule has 3 aromatic carbocycles. The van der Waals surface area contributed by atoms with Crippen molar-refractivity contribution in [2.75, 3.05) is 23.8 Å². The summed E-state index contributed by atoms with van der Waals surface area (Å²) in [4.78, 5) is 12.7. The largest absolute Gasteiger partial charge is 0.497 e. The highest BCUT2D eigenvalue weighted by atomic mass is 32.2. The van der Waals surface area contributed by atoms with E-state index in [1.54, 1.807) is 60.7 Å². The SMILES string of the molecule is COc1ccc(S(=O)(=O)N(C)c2ccc(C(=O)Nc3ccc(OC(C)C)cc3)cc2)cc1. The number of carbonyl (C=O) groups is 1. The van der Waals surface area contributed by atoms with Crippen LogP contribution >= 0.6 is 0 Å². The van der Waals surface area contributed by atoms with Crippen LogP contribution in [0.4, 0.5) is 11.4 Å². The first-order chi connectivity index (χ1) is 15.2. The first kappa shape index (κ1) is 23.1. The van der Waals surface area contributed by atoms with E-state index in [4.69, 9.17) is 9.47 Å². The van der Waals surface area contributed by atoms with Crippen LogP contribution in [0.15, 0.2) is 77.7 Å². The molecule has 32 heavy (non-hydrogen) atoms. The minimum atomic E-state index is -3.75. The fourth-order valence-corrected chi connectivity index (χ4v) is 4.16. The molecule has 0 saturated carbocycles.